The summed E-state index contributed by atoms with van der Waals surface area (Å²) in [5.41, 5.74) is -4.12. The van der Waals surface area contributed by atoms with Crippen LogP contribution in [0.5, 0.6) is 0 Å². The van der Waals surface area contributed by atoms with Crippen LogP contribution in [0, 0.1) is 57.7 Å². The molecule has 0 fully saturated rings. The number of esters is 3. The molecule has 0 aromatic heterocycles. The first-order chi connectivity index (χ1) is 53.3. The monoisotopic (exact) mass is 1970 g/mol. The van der Waals surface area contributed by atoms with E-state index in [-0.39, 0.29) is 286 Å². The summed E-state index contributed by atoms with van der Waals surface area (Å²) in [4.78, 5) is 114. The predicted octanol–water partition coefficient (Wildman–Crippen LogP) is 3.86. The summed E-state index contributed by atoms with van der Waals surface area (Å²) in [5.74, 6) is -3.54. The van der Waals surface area contributed by atoms with Gasteiger partial charge in [-0.25, -0.2) is 33.7 Å². The number of carbonyl (C=O) groups excluding carboxylic acids is 10. The Morgan fingerprint density at radius 3 is 0.636 bits per heavy atom. The molecule has 32 nitrogen and oxygen atoms in total. The van der Waals surface area contributed by atoms with Gasteiger partial charge in [0.05, 0.1) is 101 Å². The predicted molar refractivity (Wildman–Crippen MR) is 509 cm³/mol. The maximum absolute atomic E-state index is 11.5. The average Bonchev–Trinajstić information content (AvgIpc) is 0.869. The molecule has 0 aliphatic heterocycles. The fraction of sp³-hybridized carbons (Fsp3) is 0.820. The maximum atomic E-state index is 11.5. The summed E-state index contributed by atoms with van der Waals surface area (Å²) in [6.07, 6.45) is 7.86. The van der Waals surface area contributed by atoms with E-state index in [0.717, 1.165) is 44.2 Å². The molecule has 129 heavy (non-hydrogen) atoms. The fourth-order valence-electron chi connectivity index (χ4n) is 7.94. The molecule has 0 heterocycles. The van der Waals surface area contributed by atoms with Crippen LogP contribution in [0.15, 0.2) is 30.3 Å². The quantitative estimate of drug-likeness (QED) is 0.0247. The van der Waals surface area contributed by atoms with Gasteiger partial charge in [-0.15, -0.1) is 0 Å². The number of methoxy groups -OCH3 is 3. The number of amides is 7. The number of ether oxygens (including phenoxy) is 3. The zero-order valence-electron chi connectivity index (χ0n) is 83.7. The second kappa shape index (κ2) is 84.8. The Morgan fingerprint density at radius 2 is 0.504 bits per heavy atom. The van der Waals surface area contributed by atoms with E-state index in [1.54, 1.807) is 46.7 Å². The van der Waals surface area contributed by atoms with Crippen LogP contribution >= 0.6 is 0 Å². The van der Waals surface area contributed by atoms with Gasteiger partial charge in [0, 0.05) is 89.4 Å². The zero-order valence-corrected chi connectivity index (χ0v) is 95.0. The summed E-state index contributed by atoms with van der Waals surface area (Å²) in [6.45, 7) is 59.5. The van der Waals surface area contributed by atoms with Gasteiger partial charge in [0.1, 0.15) is 0 Å². The first-order valence-electron chi connectivity index (χ1n) is 40.5. The van der Waals surface area contributed by atoms with Gasteiger partial charge in [-0.1, -0.05) is 180 Å². The second-order valence-electron chi connectivity index (χ2n) is 34.4. The van der Waals surface area contributed by atoms with Gasteiger partial charge >= 0.3 is 136 Å². The van der Waals surface area contributed by atoms with E-state index >= 15 is 0 Å². The Bertz CT molecular complexity index is 3260. The molecule has 0 saturated carbocycles. The SMILES string of the molecule is C.C.C.C.C.C.CCC(C)(C)C(=O)OC.CCC(C)(C)C(=O)OC.CCC(C)(C)C(=O)OC.CCC(C)C(=O)N(C)C.CCC(C)C(=O)NC(C)(C)CS(=O)(=O)[O-].CCC(C)C(=O)NC(C)(C)CS(=O)(=O)[O-].CCC(C)C(=O)NC(C)(C)CS(=O)(=O)[O-].CCC(C)C(=O)NC(C)(C)CS(=O)(=O)[O-].CCC(C)C(=O)NC(C)C.CCC(C)C(=O)Nc1ccccc1.[Na+].[Na+].[Na+].[Na+]. The zero-order chi connectivity index (χ0) is 96.8. The molecule has 0 bridgehead atoms. The van der Waals surface area contributed by atoms with E-state index in [1.165, 1.54) is 76.7 Å². The van der Waals surface area contributed by atoms with Crippen LogP contribution in [0.3, 0.4) is 0 Å². The van der Waals surface area contributed by atoms with E-state index in [4.69, 9.17) is 0 Å². The first-order valence-corrected chi connectivity index (χ1v) is 46.8. The standard InChI is InChI=1S/C11H15NO.4C9H19NO4S.C8H17NO.C7H15NO.3C7H14O2.6CH4.4Na/c1-3-9(2)11(13)12-10-7-5-4-6-8-10;4*1-5-7(2)8(11)10-9(3,4)6-15(12,13)14;1-5-7(4)8(10)9-6(2)3;1-5-6(2)7(9)8(3)4;3*1-5-7(2,3)6(8)9-4;;;;;;;;;;/h4-9H,3H2,1-2H3,(H,12,13);4*7H,5-6H2,1-4H3,(H,10,11)(H,12,13,14);6-7H,5H2,1-4H3,(H,9,10);6H,5H2,1-4H3;3*5H2,1-4H3;6*1H4;;;;/q;;;;;;;;;;;;;;;;4*+1/p-4. The van der Waals surface area contributed by atoms with Crippen LogP contribution in [0.25, 0.3) is 0 Å². The number of nitrogens with one attached hydrogen (secondary N) is 6. The minimum absolute atomic E-state index is 0. The number of carbonyl (C=O) groups is 10. The maximum Gasteiger partial charge on any atom is 1.00 e. The van der Waals surface area contributed by atoms with Gasteiger partial charge in [0.15, 0.2) is 0 Å². The smallest absolute Gasteiger partial charge is 0.748 e. The molecule has 7 amide bonds. The van der Waals surface area contributed by atoms with Crippen molar-refractivity contribution in [1.82, 2.24) is 31.5 Å². The molecule has 7 unspecified atom stereocenters. The summed E-state index contributed by atoms with van der Waals surface area (Å²) >= 11 is 0. The average molecular weight is 1970 g/mol. The Labute approximate surface area is 877 Å². The molecular weight excluding hydrogens is 1790 g/mol. The van der Waals surface area contributed by atoms with Crippen molar-refractivity contribution in [3.05, 3.63) is 30.3 Å². The molecule has 40 heteroatoms. The molecule has 754 valence electrons. The molecule has 1 aromatic carbocycles. The Morgan fingerprint density at radius 1 is 0.326 bits per heavy atom. The third-order valence-corrected chi connectivity index (χ3v) is 22.5. The fourth-order valence-corrected chi connectivity index (χ4v) is 11.8. The molecule has 1 rings (SSSR count). The van der Waals surface area contributed by atoms with Crippen LogP contribution in [0.1, 0.15) is 337 Å². The van der Waals surface area contributed by atoms with E-state index in [1.807, 2.05) is 176 Å². The van der Waals surface area contributed by atoms with Crippen LogP contribution in [-0.4, -0.2) is 203 Å². The van der Waals surface area contributed by atoms with Crippen molar-refractivity contribution in [2.24, 2.45) is 57.7 Å². The van der Waals surface area contributed by atoms with Crippen molar-refractivity contribution in [3.8, 4) is 0 Å². The van der Waals surface area contributed by atoms with E-state index in [2.05, 4.69) is 46.1 Å². The van der Waals surface area contributed by atoms with Crippen molar-refractivity contribution in [2.45, 2.75) is 365 Å². The summed E-state index contributed by atoms with van der Waals surface area (Å²) < 4.78 is 140. The molecule has 0 aliphatic carbocycles. The number of rotatable bonds is 34. The largest absolute Gasteiger partial charge is 1.00 e. The summed E-state index contributed by atoms with van der Waals surface area (Å²) in [7, 11) is -9.48. The Balaban J connectivity index is -0.0000000612. The summed E-state index contributed by atoms with van der Waals surface area (Å²) in [6, 6.07) is 9.79. The number of benzene rings is 1. The normalized spacial score (nSPS) is 12.3. The van der Waals surface area contributed by atoms with Crippen LogP contribution in [0.2, 0.25) is 0 Å². The third kappa shape index (κ3) is 103. The van der Waals surface area contributed by atoms with E-state index in [0.29, 0.717) is 25.7 Å². The van der Waals surface area contributed by atoms with Gasteiger partial charge in [0.2, 0.25) is 41.4 Å². The number of anilines is 1. The van der Waals surface area contributed by atoms with Crippen molar-refractivity contribution in [2.75, 3.05) is 63.8 Å². The molecule has 1 aromatic rings. The molecule has 0 aliphatic rings. The van der Waals surface area contributed by atoms with Gasteiger partial charge in [0.25, 0.3) is 0 Å². The van der Waals surface area contributed by atoms with Crippen LogP contribution in [-0.2, 0) is 103 Å². The topological polar surface area (TPSA) is 503 Å². The number of hydrogen-bond donors (Lipinski definition) is 6. The minimum Gasteiger partial charge on any atom is -0.748 e. The summed E-state index contributed by atoms with van der Waals surface area (Å²) in [5, 5.41) is 15.9. The van der Waals surface area contributed by atoms with Gasteiger partial charge in [-0.2, -0.15) is 0 Å². The van der Waals surface area contributed by atoms with E-state index in [9.17, 15) is 99.8 Å². The van der Waals surface area contributed by atoms with Crippen LogP contribution in [0.4, 0.5) is 5.69 Å². The number of para-hydroxylation sites is 1. The Kier molecular flexibility index (Phi) is 113. The van der Waals surface area contributed by atoms with Crippen LogP contribution < -0.4 is 150 Å². The molecule has 0 spiro atoms. The number of nitrogens with zero attached hydrogens (tertiary/aromatic N) is 1. The molecule has 7 atom stereocenters. The van der Waals surface area contributed by atoms with Crippen molar-refractivity contribution < 1.29 is 232 Å². The molecule has 0 radical (unpaired) electrons. The second-order valence-corrected chi connectivity index (χ2v) is 40.0. The minimum atomic E-state index is -4.32. The first kappa shape index (κ1) is 172. The van der Waals surface area contributed by atoms with Crippen molar-refractivity contribution >= 4 is 105 Å². The molecule has 6 N–H and O–H groups in total. The van der Waals surface area contributed by atoms with Gasteiger partial charge < -0.3 is 69.2 Å². The van der Waals surface area contributed by atoms with Gasteiger partial charge in [-0.3, -0.25) is 47.9 Å². The van der Waals surface area contributed by atoms with Gasteiger partial charge in [-0.05, 0) is 187 Å². The molecule has 0 saturated heterocycles. The Hall–Kier alpha value is -2.44. The van der Waals surface area contributed by atoms with Crippen molar-refractivity contribution in [3.63, 3.8) is 0 Å². The molecular formula is C89H185N7Na4O25S4. The third-order valence-electron chi connectivity index (χ3n) is 18.2. The van der Waals surface area contributed by atoms with Crippen molar-refractivity contribution in [1.29, 1.82) is 0 Å². The number of hydrogen-bond acceptors (Lipinski definition) is 25. The van der Waals surface area contributed by atoms with E-state index < -0.39 is 85.6 Å².